The van der Waals surface area contributed by atoms with Gasteiger partial charge in [0, 0.05) is 44.0 Å². The smallest absolute Gasteiger partial charge is 0.338 e. The van der Waals surface area contributed by atoms with Gasteiger partial charge in [-0.3, -0.25) is 19.8 Å². The van der Waals surface area contributed by atoms with E-state index in [1.165, 1.54) is 23.9 Å². The van der Waals surface area contributed by atoms with Crippen LogP contribution in [0.4, 0.5) is 5.69 Å². The fourth-order valence-corrected chi connectivity index (χ4v) is 5.37. The minimum absolute atomic E-state index is 0.0494. The number of nitro groups is 1. The lowest BCUT2D eigenvalue weighted by Gasteiger charge is -2.36. The molecule has 198 valence electrons. The number of benzene rings is 1. The number of esters is 1. The van der Waals surface area contributed by atoms with Crippen LogP contribution in [0.25, 0.3) is 0 Å². The van der Waals surface area contributed by atoms with Gasteiger partial charge in [0.2, 0.25) is 5.91 Å². The summed E-state index contributed by atoms with van der Waals surface area (Å²) in [6.07, 6.45) is -0.236. The number of morpholine rings is 1. The third kappa shape index (κ3) is 6.38. The standard InChI is InChI=1S/C25H31N5O6S/c1-16(2)36-24(32)22-17(3)27-25-29(23(22)18-4-6-19(7-5-18)30(33)34)20(15-37-25)14-21(31)26-8-9-28-10-12-35-13-11-28/h4-7,15-16,23H,8-14H2,1-3H3,(H,26,31)/t23-/m0/s1. The van der Waals surface area contributed by atoms with E-state index < -0.39 is 16.9 Å². The quantitative estimate of drug-likeness (QED) is 0.292. The molecule has 1 saturated heterocycles. The maximum atomic E-state index is 13.2. The molecule has 0 saturated carbocycles. The number of aliphatic imine (C=N–C) groups is 1. The zero-order chi connectivity index (χ0) is 26.5. The molecule has 0 aromatic heterocycles. The first kappa shape index (κ1) is 26.8. The van der Waals surface area contributed by atoms with E-state index in [2.05, 4.69) is 15.2 Å². The molecule has 1 amide bonds. The van der Waals surface area contributed by atoms with Crippen LogP contribution in [0, 0.1) is 10.1 Å². The van der Waals surface area contributed by atoms with Crippen molar-refractivity contribution in [3.05, 3.63) is 62.3 Å². The van der Waals surface area contributed by atoms with Crippen LogP contribution in [0.5, 0.6) is 0 Å². The molecular formula is C25H31N5O6S. The average Bonchev–Trinajstić information content (AvgIpc) is 3.25. The van der Waals surface area contributed by atoms with E-state index in [1.54, 1.807) is 32.9 Å². The molecule has 0 unspecified atom stereocenters. The van der Waals surface area contributed by atoms with Crippen LogP contribution in [-0.2, 0) is 19.1 Å². The first-order chi connectivity index (χ1) is 17.7. The van der Waals surface area contributed by atoms with E-state index in [9.17, 15) is 19.7 Å². The lowest BCUT2D eigenvalue weighted by atomic mass is 9.93. The SMILES string of the molecule is CC1=C(C(=O)OC(C)C)[C@H](c2ccc([N+](=O)[O-])cc2)N2C(CC(=O)NCCN3CCOCC3)=CSC2=N1. The summed E-state index contributed by atoms with van der Waals surface area (Å²) in [4.78, 5) is 45.5. The second-order valence-corrected chi connectivity index (χ2v) is 10.0. The van der Waals surface area contributed by atoms with Crippen molar-refractivity contribution in [2.24, 2.45) is 4.99 Å². The Morgan fingerprint density at radius 2 is 1.97 bits per heavy atom. The number of hydrogen-bond donors (Lipinski definition) is 1. The van der Waals surface area contributed by atoms with Crippen molar-refractivity contribution in [2.75, 3.05) is 39.4 Å². The Hall–Kier alpha value is -3.22. The van der Waals surface area contributed by atoms with E-state index in [0.717, 1.165) is 19.6 Å². The molecule has 1 aromatic carbocycles. The number of non-ortho nitro benzene ring substituents is 1. The normalized spacial score (nSPS) is 19.9. The highest BCUT2D eigenvalue weighted by Crippen LogP contribution is 2.45. The number of amides is 1. The number of ether oxygens (including phenoxy) is 2. The van der Waals surface area contributed by atoms with Crippen LogP contribution >= 0.6 is 11.8 Å². The molecule has 1 atom stereocenters. The van der Waals surface area contributed by atoms with E-state index in [1.807, 2.05) is 10.3 Å². The summed E-state index contributed by atoms with van der Waals surface area (Å²) in [5.41, 5.74) is 2.16. The van der Waals surface area contributed by atoms with E-state index in [-0.39, 0.29) is 24.1 Å². The van der Waals surface area contributed by atoms with Crippen molar-refractivity contribution < 1.29 is 24.0 Å². The highest BCUT2D eigenvalue weighted by Gasteiger charge is 2.41. The van der Waals surface area contributed by atoms with Gasteiger partial charge in [0.25, 0.3) is 5.69 Å². The lowest BCUT2D eigenvalue weighted by Crippen LogP contribution is -2.42. The fourth-order valence-electron chi connectivity index (χ4n) is 4.41. The maximum Gasteiger partial charge on any atom is 0.338 e. The Balaban J connectivity index is 1.55. The molecule has 0 aliphatic carbocycles. The first-order valence-corrected chi connectivity index (χ1v) is 13.1. The minimum Gasteiger partial charge on any atom is -0.459 e. The Bertz CT molecular complexity index is 1140. The number of thioether (sulfide) groups is 1. The number of amidine groups is 1. The van der Waals surface area contributed by atoms with Gasteiger partial charge in [-0.1, -0.05) is 11.8 Å². The molecule has 0 bridgehead atoms. The molecule has 3 aliphatic heterocycles. The number of carbonyl (C=O) groups is 2. The average molecular weight is 530 g/mol. The predicted molar refractivity (Wildman–Crippen MR) is 140 cm³/mol. The van der Waals surface area contributed by atoms with Gasteiger partial charge in [-0.15, -0.1) is 0 Å². The second-order valence-electron chi connectivity index (χ2n) is 9.18. The molecular weight excluding hydrogens is 498 g/mol. The topological polar surface area (TPSA) is 127 Å². The fraction of sp³-hybridized carbons (Fsp3) is 0.480. The Labute approximate surface area is 219 Å². The van der Waals surface area contributed by atoms with Crippen molar-refractivity contribution in [1.29, 1.82) is 0 Å². The predicted octanol–water partition coefficient (Wildman–Crippen LogP) is 2.96. The number of nitrogens with zero attached hydrogens (tertiary/aromatic N) is 4. The van der Waals surface area contributed by atoms with Gasteiger partial charge in [-0.05, 0) is 43.9 Å². The molecule has 37 heavy (non-hydrogen) atoms. The van der Waals surface area contributed by atoms with Crippen LogP contribution in [0.2, 0.25) is 0 Å². The summed E-state index contributed by atoms with van der Waals surface area (Å²) in [6.45, 7) is 9.66. The van der Waals surface area contributed by atoms with Crippen LogP contribution in [0.3, 0.4) is 0 Å². The first-order valence-electron chi connectivity index (χ1n) is 12.2. The van der Waals surface area contributed by atoms with Crippen LogP contribution in [0.1, 0.15) is 38.8 Å². The number of hydrogen-bond acceptors (Lipinski definition) is 10. The summed E-state index contributed by atoms with van der Waals surface area (Å²) in [5.74, 6) is -0.647. The number of nitrogens with one attached hydrogen (secondary N) is 1. The van der Waals surface area contributed by atoms with Gasteiger partial charge < -0.3 is 19.7 Å². The van der Waals surface area contributed by atoms with E-state index >= 15 is 0 Å². The number of nitro benzene ring substituents is 1. The Morgan fingerprint density at radius 1 is 1.27 bits per heavy atom. The minimum atomic E-state index is -0.637. The highest BCUT2D eigenvalue weighted by molar-refractivity contribution is 8.16. The summed E-state index contributed by atoms with van der Waals surface area (Å²) < 4.78 is 10.9. The van der Waals surface area contributed by atoms with Gasteiger partial charge in [0.05, 0.1) is 48.0 Å². The van der Waals surface area contributed by atoms with Gasteiger partial charge in [0.1, 0.15) is 0 Å². The molecule has 3 heterocycles. The van der Waals surface area contributed by atoms with Crippen LogP contribution in [0.15, 0.2) is 51.6 Å². The molecule has 1 fully saturated rings. The highest BCUT2D eigenvalue weighted by atomic mass is 32.2. The van der Waals surface area contributed by atoms with Gasteiger partial charge >= 0.3 is 5.97 Å². The number of allylic oxidation sites excluding steroid dienone is 1. The second kappa shape index (κ2) is 11.9. The zero-order valence-electron chi connectivity index (χ0n) is 21.1. The van der Waals surface area contributed by atoms with Gasteiger partial charge in [-0.2, -0.15) is 0 Å². The summed E-state index contributed by atoms with van der Waals surface area (Å²) in [5, 5.41) is 16.7. The van der Waals surface area contributed by atoms with Crippen molar-refractivity contribution in [2.45, 2.75) is 39.3 Å². The largest absolute Gasteiger partial charge is 0.459 e. The monoisotopic (exact) mass is 529 g/mol. The molecule has 1 aromatic rings. The van der Waals surface area contributed by atoms with Crippen molar-refractivity contribution in [3.8, 4) is 0 Å². The van der Waals surface area contributed by atoms with Crippen molar-refractivity contribution in [1.82, 2.24) is 15.1 Å². The third-order valence-corrected chi connectivity index (χ3v) is 7.07. The summed E-state index contributed by atoms with van der Waals surface area (Å²) in [7, 11) is 0. The third-order valence-electron chi connectivity index (χ3n) is 6.18. The number of carbonyl (C=O) groups excluding carboxylic acids is 2. The molecule has 4 rings (SSSR count). The molecule has 1 N–H and O–H groups in total. The van der Waals surface area contributed by atoms with Crippen molar-refractivity contribution >= 4 is 34.5 Å². The van der Waals surface area contributed by atoms with Crippen molar-refractivity contribution in [3.63, 3.8) is 0 Å². The van der Waals surface area contributed by atoms with Gasteiger partial charge in [-0.25, -0.2) is 9.79 Å². The Morgan fingerprint density at radius 3 is 2.62 bits per heavy atom. The zero-order valence-corrected chi connectivity index (χ0v) is 22.0. The van der Waals surface area contributed by atoms with Crippen LogP contribution < -0.4 is 5.32 Å². The molecule has 0 radical (unpaired) electrons. The summed E-state index contributed by atoms with van der Waals surface area (Å²) >= 11 is 1.38. The maximum absolute atomic E-state index is 13.2. The molecule has 12 heteroatoms. The molecule has 3 aliphatic rings. The van der Waals surface area contributed by atoms with Gasteiger partial charge in [0.15, 0.2) is 5.17 Å². The lowest BCUT2D eigenvalue weighted by molar-refractivity contribution is -0.384. The van der Waals surface area contributed by atoms with E-state index in [0.29, 0.717) is 47.5 Å². The number of fused-ring (bicyclic) bond motifs is 1. The Kier molecular flexibility index (Phi) is 8.62. The van der Waals surface area contributed by atoms with Crippen LogP contribution in [-0.4, -0.2) is 77.3 Å². The number of rotatable bonds is 9. The van der Waals surface area contributed by atoms with E-state index in [4.69, 9.17) is 9.47 Å². The summed E-state index contributed by atoms with van der Waals surface area (Å²) in [6, 6.07) is 5.44. The molecule has 11 nitrogen and oxygen atoms in total. The molecule has 0 spiro atoms.